The largest absolute Gasteiger partial charge is 0.478 e. The van der Waals surface area contributed by atoms with Crippen LogP contribution in [0.5, 0.6) is 0 Å². The predicted octanol–water partition coefficient (Wildman–Crippen LogP) is 2.50. The molecule has 1 aromatic carbocycles. The zero-order valence-corrected chi connectivity index (χ0v) is 8.97. The molecule has 0 radical (unpaired) electrons. The van der Waals surface area contributed by atoms with Gasteiger partial charge in [0, 0.05) is 11.5 Å². The Morgan fingerprint density at radius 2 is 2.15 bits per heavy atom. The number of carboxylic acid groups (broad SMARTS) is 1. The number of benzene rings is 1. The first-order valence-electron chi connectivity index (χ1n) is 3.77. The lowest BCUT2D eigenvalue weighted by Gasteiger charge is -2.09. The first kappa shape index (κ1) is 10.1. The van der Waals surface area contributed by atoms with Gasteiger partial charge in [0.1, 0.15) is 0 Å². The smallest absolute Gasteiger partial charge is 0.337 e. The first-order valence-corrected chi connectivity index (χ1v) is 4.56. The van der Waals surface area contributed by atoms with Crippen LogP contribution in [0.3, 0.4) is 0 Å². The Balaban J connectivity index is 3.38. The minimum absolute atomic E-state index is 0.286. The molecule has 0 spiro atoms. The van der Waals surface area contributed by atoms with Crippen LogP contribution in [-0.4, -0.2) is 18.1 Å². The lowest BCUT2D eigenvalue weighted by Crippen LogP contribution is -2.04. The third kappa shape index (κ3) is 2.01. The van der Waals surface area contributed by atoms with E-state index in [1.807, 2.05) is 13.0 Å². The van der Waals surface area contributed by atoms with Crippen LogP contribution in [0.15, 0.2) is 16.6 Å². The molecule has 0 saturated heterocycles. The Kier molecular flexibility index (Phi) is 2.93. The van der Waals surface area contributed by atoms with Crippen molar-refractivity contribution >= 4 is 27.6 Å². The van der Waals surface area contributed by atoms with E-state index in [2.05, 4.69) is 21.2 Å². The second kappa shape index (κ2) is 3.79. The number of aromatic carboxylic acids is 1. The van der Waals surface area contributed by atoms with E-state index in [1.54, 1.807) is 13.1 Å². The van der Waals surface area contributed by atoms with Gasteiger partial charge in [-0.2, -0.15) is 0 Å². The molecule has 0 saturated carbocycles. The van der Waals surface area contributed by atoms with Gasteiger partial charge in [0.15, 0.2) is 0 Å². The van der Waals surface area contributed by atoms with Crippen molar-refractivity contribution in [2.75, 3.05) is 12.4 Å². The van der Waals surface area contributed by atoms with E-state index in [9.17, 15) is 4.79 Å². The average molecular weight is 244 g/mol. The van der Waals surface area contributed by atoms with Crippen LogP contribution < -0.4 is 5.32 Å². The zero-order valence-electron chi connectivity index (χ0n) is 7.39. The van der Waals surface area contributed by atoms with Crippen LogP contribution in [0.25, 0.3) is 0 Å². The summed E-state index contributed by atoms with van der Waals surface area (Å²) in [5, 5.41) is 11.8. The third-order valence-corrected chi connectivity index (χ3v) is 2.24. The fourth-order valence-corrected chi connectivity index (χ4v) is 1.82. The molecule has 3 nitrogen and oxygen atoms in total. The quantitative estimate of drug-likeness (QED) is 0.840. The van der Waals surface area contributed by atoms with Gasteiger partial charge in [-0.1, -0.05) is 15.9 Å². The van der Waals surface area contributed by atoms with E-state index < -0.39 is 5.97 Å². The fourth-order valence-electron chi connectivity index (χ4n) is 1.24. The van der Waals surface area contributed by atoms with Gasteiger partial charge in [0.2, 0.25) is 0 Å². The predicted molar refractivity (Wildman–Crippen MR) is 55.4 cm³/mol. The number of aryl methyl sites for hydroxylation is 1. The molecule has 0 aliphatic rings. The standard InChI is InChI=1S/C9H10BrNO2/c1-5-3-6(10)4-7(9(12)13)8(5)11-2/h3-4,11H,1-2H3,(H,12,13). The molecule has 13 heavy (non-hydrogen) atoms. The molecule has 1 aromatic rings. The van der Waals surface area contributed by atoms with Gasteiger partial charge in [-0.05, 0) is 24.6 Å². The normalized spacial score (nSPS) is 9.77. The third-order valence-electron chi connectivity index (χ3n) is 1.78. The number of halogens is 1. The van der Waals surface area contributed by atoms with Crippen molar-refractivity contribution in [3.05, 3.63) is 27.7 Å². The van der Waals surface area contributed by atoms with Crippen LogP contribution in [0.2, 0.25) is 0 Å². The highest BCUT2D eigenvalue weighted by Crippen LogP contribution is 2.25. The molecule has 0 bridgehead atoms. The molecule has 0 fully saturated rings. The second-order valence-corrected chi connectivity index (χ2v) is 3.62. The van der Waals surface area contributed by atoms with Crippen molar-refractivity contribution < 1.29 is 9.90 Å². The summed E-state index contributed by atoms with van der Waals surface area (Å²) < 4.78 is 0.779. The maximum absolute atomic E-state index is 10.8. The summed E-state index contributed by atoms with van der Waals surface area (Å²) in [7, 11) is 1.71. The highest BCUT2D eigenvalue weighted by molar-refractivity contribution is 9.10. The highest BCUT2D eigenvalue weighted by Gasteiger charge is 2.11. The van der Waals surface area contributed by atoms with E-state index in [0.29, 0.717) is 5.69 Å². The Morgan fingerprint density at radius 3 is 2.62 bits per heavy atom. The van der Waals surface area contributed by atoms with Gasteiger partial charge in [-0.3, -0.25) is 0 Å². The Morgan fingerprint density at radius 1 is 1.54 bits per heavy atom. The van der Waals surface area contributed by atoms with E-state index in [4.69, 9.17) is 5.11 Å². The lowest BCUT2D eigenvalue weighted by atomic mass is 10.1. The summed E-state index contributed by atoms with van der Waals surface area (Å²) in [6.07, 6.45) is 0. The summed E-state index contributed by atoms with van der Waals surface area (Å²) in [5.74, 6) is -0.922. The van der Waals surface area contributed by atoms with E-state index in [1.165, 1.54) is 0 Å². The molecular formula is C9H10BrNO2. The van der Waals surface area contributed by atoms with Crippen LogP contribution in [0.4, 0.5) is 5.69 Å². The SMILES string of the molecule is CNc1c(C)cc(Br)cc1C(=O)O. The number of hydrogen-bond donors (Lipinski definition) is 2. The maximum Gasteiger partial charge on any atom is 0.337 e. The van der Waals surface area contributed by atoms with Crippen LogP contribution in [0, 0.1) is 6.92 Å². The van der Waals surface area contributed by atoms with Crippen molar-refractivity contribution in [1.82, 2.24) is 0 Å². The van der Waals surface area contributed by atoms with Crippen LogP contribution >= 0.6 is 15.9 Å². The molecule has 70 valence electrons. The molecular weight excluding hydrogens is 234 g/mol. The van der Waals surface area contributed by atoms with Crippen molar-refractivity contribution in [2.45, 2.75) is 6.92 Å². The summed E-state index contributed by atoms with van der Waals surface area (Å²) in [4.78, 5) is 10.8. The summed E-state index contributed by atoms with van der Waals surface area (Å²) in [5.41, 5.74) is 1.86. The second-order valence-electron chi connectivity index (χ2n) is 2.70. The van der Waals surface area contributed by atoms with Crippen molar-refractivity contribution in [1.29, 1.82) is 0 Å². The van der Waals surface area contributed by atoms with Crippen LogP contribution in [-0.2, 0) is 0 Å². The van der Waals surface area contributed by atoms with Gasteiger partial charge in [-0.25, -0.2) is 4.79 Å². The van der Waals surface area contributed by atoms with E-state index in [0.717, 1.165) is 10.0 Å². The number of hydrogen-bond acceptors (Lipinski definition) is 2. The van der Waals surface area contributed by atoms with Crippen molar-refractivity contribution in [3.63, 3.8) is 0 Å². The van der Waals surface area contributed by atoms with E-state index >= 15 is 0 Å². The molecule has 0 heterocycles. The van der Waals surface area contributed by atoms with Gasteiger partial charge >= 0.3 is 5.97 Å². The Bertz CT molecular complexity index is 350. The monoisotopic (exact) mass is 243 g/mol. The van der Waals surface area contributed by atoms with Gasteiger partial charge in [-0.15, -0.1) is 0 Å². The van der Waals surface area contributed by atoms with Gasteiger partial charge in [0.25, 0.3) is 0 Å². The highest BCUT2D eigenvalue weighted by atomic mass is 79.9. The summed E-state index contributed by atoms with van der Waals surface area (Å²) in [6.45, 7) is 1.86. The fraction of sp³-hybridized carbons (Fsp3) is 0.222. The molecule has 2 N–H and O–H groups in total. The average Bonchev–Trinajstić information content (AvgIpc) is 2.02. The molecule has 0 aliphatic heterocycles. The zero-order chi connectivity index (χ0) is 10.0. The molecule has 0 atom stereocenters. The Hall–Kier alpha value is -1.03. The molecule has 0 unspecified atom stereocenters. The Labute approximate surface area is 84.9 Å². The van der Waals surface area contributed by atoms with Crippen molar-refractivity contribution in [3.8, 4) is 0 Å². The van der Waals surface area contributed by atoms with Gasteiger partial charge in [0.05, 0.1) is 11.3 Å². The topological polar surface area (TPSA) is 49.3 Å². The van der Waals surface area contributed by atoms with Gasteiger partial charge < -0.3 is 10.4 Å². The molecule has 1 rings (SSSR count). The number of anilines is 1. The minimum atomic E-state index is -0.922. The number of carbonyl (C=O) groups is 1. The maximum atomic E-state index is 10.8. The number of rotatable bonds is 2. The molecule has 0 aliphatic carbocycles. The lowest BCUT2D eigenvalue weighted by molar-refractivity contribution is 0.0698. The summed E-state index contributed by atoms with van der Waals surface area (Å²) in [6, 6.07) is 3.46. The molecule has 0 aromatic heterocycles. The summed E-state index contributed by atoms with van der Waals surface area (Å²) >= 11 is 3.25. The minimum Gasteiger partial charge on any atom is -0.478 e. The number of carboxylic acids is 1. The molecule has 0 amide bonds. The molecule has 4 heteroatoms. The van der Waals surface area contributed by atoms with Crippen molar-refractivity contribution in [2.24, 2.45) is 0 Å². The van der Waals surface area contributed by atoms with Crippen LogP contribution in [0.1, 0.15) is 15.9 Å². The first-order chi connectivity index (χ1) is 6.06. The number of nitrogens with one attached hydrogen (secondary N) is 1. The van der Waals surface area contributed by atoms with E-state index in [-0.39, 0.29) is 5.56 Å².